The monoisotopic (exact) mass is 502 g/mol. The van der Waals surface area contributed by atoms with E-state index in [1.807, 2.05) is 55.3 Å². The van der Waals surface area contributed by atoms with Crippen LogP contribution in [0.2, 0.25) is 0 Å². The molecule has 1 amide bonds. The van der Waals surface area contributed by atoms with Crippen LogP contribution in [-0.2, 0) is 14.3 Å². The number of fused-ring (bicyclic) bond motifs is 1. The minimum absolute atomic E-state index is 0.103. The van der Waals surface area contributed by atoms with Crippen LogP contribution < -0.4 is 14.8 Å². The molecule has 0 radical (unpaired) electrons. The summed E-state index contributed by atoms with van der Waals surface area (Å²) in [7, 11) is 7.05. The quantitative estimate of drug-likeness (QED) is 0.487. The lowest BCUT2D eigenvalue weighted by Gasteiger charge is -2.37. The van der Waals surface area contributed by atoms with Gasteiger partial charge in [0.1, 0.15) is 0 Å². The molecule has 190 valence electrons. The lowest BCUT2D eigenvalue weighted by molar-refractivity contribution is -0.143. The van der Waals surface area contributed by atoms with Crippen molar-refractivity contribution in [1.29, 1.82) is 0 Å². The van der Waals surface area contributed by atoms with Crippen LogP contribution in [0.5, 0.6) is 11.5 Å². The summed E-state index contributed by atoms with van der Waals surface area (Å²) < 4.78 is 16.9. The SMILES string of the molecule is COc1cccc([C@H]2C(C(=O)OC(C)C)=C(C)N=C3SC=C(CC(=O)NCCN(C)C)N32)c1OC. The van der Waals surface area contributed by atoms with Crippen LogP contribution in [-0.4, -0.2) is 74.4 Å². The average molecular weight is 503 g/mol. The van der Waals surface area contributed by atoms with E-state index in [1.165, 1.54) is 11.8 Å². The number of rotatable bonds is 10. The van der Waals surface area contributed by atoms with Gasteiger partial charge in [-0.2, -0.15) is 0 Å². The summed E-state index contributed by atoms with van der Waals surface area (Å²) in [5, 5.41) is 5.56. The van der Waals surface area contributed by atoms with E-state index in [9.17, 15) is 9.59 Å². The van der Waals surface area contributed by atoms with Crippen molar-refractivity contribution in [3.8, 4) is 11.5 Å². The van der Waals surface area contributed by atoms with E-state index in [0.29, 0.717) is 34.5 Å². The van der Waals surface area contributed by atoms with Gasteiger partial charge in [-0.3, -0.25) is 4.79 Å². The fourth-order valence-corrected chi connectivity index (χ4v) is 4.94. The predicted octanol–water partition coefficient (Wildman–Crippen LogP) is 3.30. The highest BCUT2D eigenvalue weighted by Crippen LogP contribution is 2.48. The summed E-state index contributed by atoms with van der Waals surface area (Å²) in [6.45, 7) is 6.70. The number of benzene rings is 1. The molecule has 0 spiro atoms. The molecule has 35 heavy (non-hydrogen) atoms. The van der Waals surface area contributed by atoms with Crippen LogP contribution in [0.25, 0.3) is 0 Å². The van der Waals surface area contributed by atoms with Gasteiger partial charge in [0, 0.05) is 24.4 Å². The summed E-state index contributed by atoms with van der Waals surface area (Å²) in [6.07, 6.45) is -0.153. The zero-order valence-electron chi connectivity index (χ0n) is 21.4. The van der Waals surface area contributed by atoms with E-state index in [2.05, 4.69) is 5.32 Å². The number of hydrogen-bond donors (Lipinski definition) is 1. The maximum Gasteiger partial charge on any atom is 0.338 e. The second-order valence-electron chi connectivity index (χ2n) is 8.76. The van der Waals surface area contributed by atoms with Crippen LogP contribution in [0, 0.1) is 0 Å². The van der Waals surface area contributed by atoms with E-state index in [-0.39, 0.29) is 18.4 Å². The molecule has 2 aliphatic heterocycles. The van der Waals surface area contributed by atoms with Crippen molar-refractivity contribution in [3.05, 3.63) is 46.1 Å². The topological polar surface area (TPSA) is 92.7 Å². The molecule has 10 heteroatoms. The number of nitrogens with one attached hydrogen (secondary N) is 1. The third-order valence-corrected chi connectivity index (χ3v) is 6.40. The molecule has 2 heterocycles. The Kier molecular flexibility index (Phi) is 8.85. The molecule has 1 N–H and O–H groups in total. The van der Waals surface area contributed by atoms with Crippen molar-refractivity contribution in [2.75, 3.05) is 41.4 Å². The standard InChI is InChI=1S/C25H34N4O5S/c1-15(2)34-24(31)21-16(3)27-25-29(17(14-35-25)13-20(30)26-11-12-28(4)5)22(21)18-9-8-10-19(32-6)23(18)33-7/h8-10,14-15,22H,11-13H2,1-7H3,(H,26,30)/t22-/m0/s1. The maximum atomic E-state index is 13.3. The number of esters is 1. The second kappa shape index (κ2) is 11.6. The van der Waals surface area contributed by atoms with Gasteiger partial charge in [-0.1, -0.05) is 23.9 Å². The Hall–Kier alpha value is -2.98. The van der Waals surface area contributed by atoms with Crippen molar-refractivity contribution >= 4 is 28.8 Å². The molecule has 0 fully saturated rings. The van der Waals surface area contributed by atoms with Crippen molar-refractivity contribution in [2.24, 2.45) is 4.99 Å². The summed E-state index contributed by atoms with van der Waals surface area (Å²) >= 11 is 1.43. The van der Waals surface area contributed by atoms with E-state index >= 15 is 0 Å². The van der Waals surface area contributed by atoms with Gasteiger partial charge in [-0.05, 0) is 46.3 Å². The molecule has 9 nitrogen and oxygen atoms in total. The summed E-state index contributed by atoms with van der Waals surface area (Å²) in [6, 6.07) is 4.94. The number of nitrogens with zero attached hydrogens (tertiary/aromatic N) is 3. The Morgan fingerprint density at radius 2 is 1.97 bits per heavy atom. The first-order valence-corrected chi connectivity index (χ1v) is 12.3. The van der Waals surface area contributed by atoms with Crippen LogP contribution >= 0.6 is 11.8 Å². The van der Waals surface area contributed by atoms with Crippen molar-refractivity contribution in [3.63, 3.8) is 0 Å². The predicted molar refractivity (Wildman–Crippen MR) is 137 cm³/mol. The first-order valence-electron chi connectivity index (χ1n) is 11.5. The Bertz CT molecular complexity index is 1060. The zero-order chi connectivity index (χ0) is 25.7. The number of carbonyl (C=O) groups is 2. The fraction of sp³-hybridized carbons (Fsp3) is 0.480. The Morgan fingerprint density at radius 1 is 1.23 bits per heavy atom. The van der Waals surface area contributed by atoms with Crippen molar-refractivity contribution in [1.82, 2.24) is 15.1 Å². The minimum Gasteiger partial charge on any atom is -0.493 e. The first-order chi connectivity index (χ1) is 16.7. The van der Waals surface area contributed by atoms with Gasteiger partial charge in [0.2, 0.25) is 5.91 Å². The number of amidine groups is 1. The highest BCUT2D eigenvalue weighted by Gasteiger charge is 2.42. The number of methoxy groups -OCH3 is 2. The lowest BCUT2D eigenvalue weighted by Crippen LogP contribution is -2.39. The molecule has 0 unspecified atom stereocenters. The lowest BCUT2D eigenvalue weighted by atomic mass is 9.92. The molecule has 0 bridgehead atoms. The molecule has 1 aromatic rings. The van der Waals surface area contributed by atoms with Gasteiger partial charge in [0.25, 0.3) is 0 Å². The first kappa shape index (κ1) is 26.6. The molecule has 3 rings (SSSR count). The zero-order valence-corrected chi connectivity index (χ0v) is 22.2. The number of ether oxygens (including phenoxy) is 3. The number of amides is 1. The Morgan fingerprint density at radius 3 is 2.60 bits per heavy atom. The number of carbonyl (C=O) groups excluding carboxylic acids is 2. The summed E-state index contributed by atoms with van der Waals surface area (Å²) in [5.74, 6) is 0.494. The normalized spacial score (nSPS) is 17.3. The van der Waals surface area contributed by atoms with Gasteiger partial charge in [0.05, 0.1) is 44.1 Å². The number of thioether (sulfide) groups is 1. The third kappa shape index (κ3) is 5.99. The molecule has 0 saturated carbocycles. The molecule has 1 atom stereocenters. The van der Waals surface area contributed by atoms with Gasteiger partial charge >= 0.3 is 5.97 Å². The Balaban J connectivity index is 2.04. The highest BCUT2D eigenvalue weighted by atomic mass is 32.2. The molecular weight excluding hydrogens is 468 g/mol. The maximum absolute atomic E-state index is 13.3. The van der Waals surface area contributed by atoms with Crippen LogP contribution in [0.15, 0.2) is 45.6 Å². The van der Waals surface area contributed by atoms with E-state index in [1.54, 1.807) is 27.2 Å². The summed E-state index contributed by atoms with van der Waals surface area (Å²) in [5.41, 5.74) is 2.42. The number of allylic oxidation sites excluding steroid dienone is 1. The van der Waals surface area contributed by atoms with E-state index in [0.717, 1.165) is 17.8 Å². The van der Waals surface area contributed by atoms with Crippen LogP contribution in [0.4, 0.5) is 0 Å². The second-order valence-corrected chi connectivity index (χ2v) is 9.60. The number of aliphatic imine (C=N–C) groups is 1. The molecule has 0 aliphatic carbocycles. The highest BCUT2D eigenvalue weighted by molar-refractivity contribution is 8.16. The average Bonchev–Trinajstić information content (AvgIpc) is 3.18. The largest absolute Gasteiger partial charge is 0.493 e. The number of likely N-dealkylation sites (N-methyl/N-ethyl adjacent to an activating group) is 1. The minimum atomic E-state index is -0.602. The molecule has 0 saturated heterocycles. The molecule has 1 aromatic carbocycles. The molecule has 0 aromatic heterocycles. The van der Waals surface area contributed by atoms with Crippen molar-refractivity contribution < 1.29 is 23.8 Å². The number of para-hydroxylation sites is 1. The van der Waals surface area contributed by atoms with Crippen molar-refractivity contribution in [2.45, 2.75) is 39.3 Å². The molecule has 2 aliphatic rings. The Labute approximate surface area is 211 Å². The number of hydrogen-bond acceptors (Lipinski definition) is 9. The van der Waals surface area contributed by atoms with Gasteiger partial charge in [-0.15, -0.1) is 0 Å². The summed E-state index contributed by atoms with van der Waals surface area (Å²) in [4.78, 5) is 34.7. The smallest absolute Gasteiger partial charge is 0.338 e. The third-order valence-electron chi connectivity index (χ3n) is 5.51. The fourth-order valence-electron chi connectivity index (χ4n) is 3.98. The van der Waals surface area contributed by atoms with Gasteiger partial charge in [-0.25, -0.2) is 9.79 Å². The van der Waals surface area contributed by atoms with Crippen LogP contribution in [0.3, 0.4) is 0 Å². The molecular formula is C25H34N4O5S. The van der Waals surface area contributed by atoms with Gasteiger partial charge < -0.3 is 29.3 Å². The van der Waals surface area contributed by atoms with E-state index < -0.39 is 12.0 Å². The van der Waals surface area contributed by atoms with Gasteiger partial charge in [0.15, 0.2) is 16.7 Å². The van der Waals surface area contributed by atoms with Crippen LogP contribution in [0.1, 0.15) is 38.8 Å². The van der Waals surface area contributed by atoms with E-state index in [4.69, 9.17) is 19.2 Å².